The zero-order chi connectivity index (χ0) is 18.2. The molecule has 0 bridgehead atoms. The highest BCUT2D eigenvalue weighted by molar-refractivity contribution is 5.84. The van der Waals surface area contributed by atoms with Crippen LogP contribution in [-0.2, 0) is 13.1 Å². The predicted molar refractivity (Wildman–Crippen MR) is 107 cm³/mol. The highest BCUT2D eigenvalue weighted by atomic mass is 15.2. The van der Waals surface area contributed by atoms with Crippen LogP contribution in [0.1, 0.15) is 45.1 Å². The molecule has 0 radical (unpaired) electrons. The Bertz CT molecular complexity index is 812. The smallest absolute Gasteiger partial charge is 0.226 e. The molecule has 0 atom stereocenters. The lowest BCUT2D eigenvalue weighted by Crippen LogP contribution is -2.10. The monoisotopic (exact) mass is 352 g/mol. The summed E-state index contributed by atoms with van der Waals surface area (Å²) in [7, 11) is 0. The first-order chi connectivity index (χ1) is 12.8. The predicted octanol–water partition coefficient (Wildman–Crippen LogP) is 4.45. The number of hydrogen-bond donors (Lipinski definition) is 2. The summed E-state index contributed by atoms with van der Waals surface area (Å²) in [5.41, 5.74) is 2.94. The van der Waals surface area contributed by atoms with Crippen molar-refractivity contribution in [2.75, 3.05) is 17.2 Å². The number of nitrogens with one attached hydrogen (secondary N) is 2. The highest BCUT2D eigenvalue weighted by Crippen LogP contribution is 2.22. The Hall–Kier alpha value is -2.63. The van der Waals surface area contributed by atoms with E-state index in [9.17, 15) is 0 Å². The quantitative estimate of drug-likeness (QED) is 0.528. The minimum Gasteiger partial charge on any atom is -0.364 e. The van der Waals surface area contributed by atoms with Crippen LogP contribution in [0.25, 0.3) is 11.2 Å². The third-order valence-corrected chi connectivity index (χ3v) is 4.33. The fourth-order valence-corrected chi connectivity index (χ4v) is 2.80. The van der Waals surface area contributed by atoms with Crippen LogP contribution in [0.3, 0.4) is 0 Å². The van der Waals surface area contributed by atoms with E-state index in [2.05, 4.69) is 51.1 Å². The van der Waals surface area contributed by atoms with Crippen LogP contribution < -0.4 is 10.6 Å². The molecule has 0 aliphatic carbocycles. The van der Waals surface area contributed by atoms with Crippen molar-refractivity contribution in [2.24, 2.45) is 0 Å². The SMILES string of the molecule is CCCCNc1nc(NCc2ccccc2)c2ncn(CCCC)c2n1. The van der Waals surface area contributed by atoms with Gasteiger partial charge >= 0.3 is 0 Å². The molecule has 0 spiro atoms. The first kappa shape index (κ1) is 18.2. The number of benzene rings is 1. The number of nitrogens with zero attached hydrogens (tertiary/aromatic N) is 4. The molecule has 2 heterocycles. The van der Waals surface area contributed by atoms with Gasteiger partial charge in [0.15, 0.2) is 17.0 Å². The van der Waals surface area contributed by atoms with E-state index >= 15 is 0 Å². The number of fused-ring (bicyclic) bond motifs is 1. The molecule has 0 saturated carbocycles. The second-order valence-corrected chi connectivity index (χ2v) is 6.48. The molecule has 1 aromatic carbocycles. The van der Waals surface area contributed by atoms with Crippen LogP contribution in [0.2, 0.25) is 0 Å². The van der Waals surface area contributed by atoms with E-state index in [-0.39, 0.29) is 0 Å². The molecule has 3 aromatic rings. The summed E-state index contributed by atoms with van der Waals surface area (Å²) in [4.78, 5) is 14.0. The van der Waals surface area contributed by atoms with Crippen molar-refractivity contribution in [1.29, 1.82) is 0 Å². The normalized spacial score (nSPS) is 11.0. The Morgan fingerprint density at radius 3 is 2.54 bits per heavy atom. The van der Waals surface area contributed by atoms with Gasteiger partial charge < -0.3 is 15.2 Å². The largest absolute Gasteiger partial charge is 0.364 e. The van der Waals surface area contributed by atoms with Crippen molar-refractivity contribution in [2.45, 2.75) is 52.6 Å². The van der Waals surface area contributed by atoms with Crippen LogP contribution in [-0.4, -0.2) is 26.1 Å². The number of rotatable bonds is 10. The summed E-state index contributed by atoms with van der Waals surface area (Å²) in [6, 6.07) is 10.3. The van der Waals surface area contributed by atoms with E-state index in [0.29, 0.717) is 12.5 Å². The van der Waals surface area contributed by atoms with E-state index in [1.54, 1.807) is 0 Å². The molecule has 2 aromatic heterocycles. The third-order valence-electron chi connectivity index (χ3n) is 4.33. The molecule has 0 unspecified atom stereocenters. The summed E-state index contributed by atoms with van der Waals surface area (Å²) in [6.45, 7) is 6.89. The van der Waals surface area contributed by atoms with Crippen LogP contribution in [0.15, 0.2) is 36.7 Å². The first-order valence-corrected chi connectivity index (χ1v) is 9.56. The average Bonchev–Trinajstić information content (AvgIpc) is 3.08. The van der Waals surface area contributed by atoms with Crippen LogP contribution in [0, 0.1) is 0 Å². The van der Waals surface area contributed by atoms with E-state index in [1.807, 2.05) is 24.5 Å². The van der Waals surface area contributed by atoms with Crippen molar-refractivity contribution in [3.8, 4) is 0 Å². The van der Waals surface area contributed by atoms with Crippen LogP contribution >= 0.6 is 0 Å². The van der Waals surface area contributed by atoms with Gasteiger partial charge in [0, 0.05) is 19.6 Å². The molecule has 0 fully saturated rings. The topological polar surface area (TPSA) is 67.7 Å². The summed E-state index contributed by atoms with van der Waals surface area (Å²) >= 11 is 0. The van der Waals surface area contributed by atoms with Gasteiger partial charge in [-0.05, 0) is 18.4 Å². The molecule has 26 heavy (non-hydrogen) atoms. The number of hydrogen-bond acceptors (Lipinski definition) is 5. The second kappa shape index (κ2) is 9.17. The van der Waals surface area contributed by atoms with Gasteiger partial charge in [0.2, 0.25) is 5.95 Å². The highest BCUT2D eigenvalue weighted by Gasteiger charge is 2.13. The van der Waals surface area contributed by atoms with Crippen molar-refractivity contribution in [1.82, 2.24) is 19.5 Å². The average molecular weight is 352 g/mol. The zero-order valence-corrected chi connectivity index (χ0v) is 15.7. The number of unbranched alkanes of at least 4 members (excludes halogenated alkanes) is 2. The first-order valence-electron chi connectivity index (χ1n) is 9.56. The Morgan fingerprint density at radius 1 is 0.962 bits per heavy atom. The number of aromatic nitrogens is 4. The van der Waals surface area contributed by atoms with E-state index in [4.69, 9.17) is 4.98 Å². The number of imidazole rings is 1. The van der Waals surface area contributed by atoms with Crippen LogP contribution in [0.5, 0.6) is 0 Å². The zero-order valence-electron chi connectivity index (χ0n) is 15.7. The number of aryl methyl sites for hydroxylation is 1. The van der Waals surface area contributed by atoms with Gasteiger partial charge in [-0.25, -0.2) is 4.98 Å². The maximum atomic E-state index is 4.71. The van der Waals surface area contributed by atoms with Gasteiger partial charge in [0.05, 0.1) is 6.33 Å². The Balaban J connectivity index is 1.87. The molecular weight excluding hydrogens is 324 g/mol. The van der Waals surface area contributed by atoms with Crippen molar-refractivity contribution in [3.05, 3.63) is 42.2 Å². The second-order valence-electron chi connectivity index (χ2n) is 6.48. The van der Waals surface area contributed by atoms with Crippen LogP contribution in [0.4, 0.5) is 11.8 Å². The fraction of sp³-hybridized carbons (Fsp3) is 0.450. The number of anilines is 2. The van der Waals surface area contributed by atoms with E-state index in [0.717, 1.165) is 55.8 Å². The van der Waals surface area contributed by atoms with Crippen molar-refractivity contribution < 1.29 is 0 Å². The molecule has 0 amide bonds. The van der Waals surface area contributed by atoms with Gasteiger partial charge in [-0.3, -0.25) is 0 Å². The minimum absolute atomic E-state index is 0.666. The lowest BCUT2D eigenvalue weighted by molar-refractivity contribution is 0.641. The molecule has 0 aliphatic heterocycles. The summed E-state index contributed by atoms with van der Waals surface area (Å²) in [5.74, 6) is 1.45. The van der Waals surface area contributed by atoms with E-state index < -0.39 is 0 Å². The molecule has 2 N–H and O–H groups in total. The summed E-state index contributed by atoms with van der Waals surface area (Å²) < 4.78 is 2.12. The standard InChI is InChI=1S/C20H28N6/c1-3-5-12-21-20-24-18(22-14-16-10-8-7-9-11-16)17-19(25-20)26(15-23-17)13-6-4-2/h7-11,15H,3-6,12-14H2,1-2H3,(H2,21,22,24,25). The fourth-order valence-electron chi connectivity index (χ4n) is 2.80. The molecule has 3 rings (SSSR count). The molecular formula is C20H28N6. The molecule has 138 valence electrons. The summed E-state index contributed by atoms with van der Waals surface area (Å²) in [5, 5.41) is 6.78. The lowest BCUT2D eigenvalue weighted by atomic mass is 10.2. The molecule has 6 heteroatoms. The van der Waals surface area contributed by atoms with Gasteiger partial charge in [-0.1, -0.05) is 57.0 Å². The van der Waals surface area contributed by atoms with Crippen molar-refractivity contribution in [3.63, 3.8) is 0 Å². The van der Waals surface area contributed by atoms with Gasteiger partial charge in [-0.15, -0.1) is 0 Å². The Labute approximate surface area is 155 Å². The Morgan fingerprint density at radius 2 is 1.77 bits per heavy atom. The minimum atomic E-state index is 0.666. The van der Waals surface area contributed by atoms with Gasteiger partial charge in [-0.2, -0.15) is 9.97 Å². The van der Waals surface area contributed by atoms with Gasteiger partial charge in [0.25, 0.3) is 0 Å². The third kappa shape index (κ3) is 4.50. The summed E-state index contributed by atoms with van der Waals surface area (Å²) in [6.07, 6.45) is 6.37. The van der Waals surface area contributed by atoms with Gasteiger partial charge in [0.1, 0.15) is 0 Å². The maximum absolute atomic E-state index is 4.71. The maximum Gasteiger partial charge on any atom is 0.226 e. The molecule has 0 saturated heterocycles. The molecule has 6 nitrogen and oxygen atoms in total. The van der Waals surface area contributed by atoms with E-state index in [1.165, 1.54) is 5.56 Å². The lowest BCUT2D eigenvalue weighted by Gasteiger charge is -2.10. The Kier molecular flexibility index (Phi) is 6.41. The van der Waals surface area contributed by atoms with Crippen molar-refractivity contribution >= 4 is 22.9 Å². The molecule has 0 aliphatic rings.